The minimum atomic E-state index is 0.245. The molecule has 1 aliphatic heterocycles. The highest BCUT2D eigenvalue weighted by molar-refractivity contribution is 4.91. The van der Waals surface area contributed by atoms with E-state index in [4.69, 9.17) is 9.47 Å². The molecule has 2 rings (SSSR count). The smallest absolute Gasteiger partial charge is 0.0817 e. The number of hydrogen-bond acceptors (Lipinski definition) is 3. The molecule has 16 heavy (non-hydrogen) atoms. The second-order valence-corrected chi connectivity index (χ2v) is 5.20. The van der Waals surface area contributed by atoms with Crippen molar-refractivity contribution in [1.29, 1.82) is 0 Å². The average Bonchev–Trinajstić information content (AvgIpc) is 2.69. The van der Waals surface area contributed by atoms with Crippen LogP contribution in [0, 0.1) is 0 Å². The van der Waals surface area contributed by atoms with Crippen molar-refractivity contribution in [1.82, 2.24) is 5.32 Å². The lowest BCUT2D eigenvalue weighted by Crippen LogP contribution is -2.32. The first kappa shape index (κ1) is 12.3. The third-order valence-electron chi connectivity index (χ3n) is 3.90. The quantitative estimate of drug-likeness (QED) is 0.730. The van der Waals surface area contributed by atoms with E-state index >= 15 is 0 Å². The Labute approximate surface area is 98.9 Å². The van der Waals surface area contributed by atoms with Gasteiger partial charge in [-0.1, -0.05) is 19.3 Å². The van der Waals surface area contributed by atoms with E-state index in [1.807, 2.05) is 7.05 Å². The normalized spacial score (nSPS) is 28.7. The first-order chi connectivity index (χ1) is 7.85. The Morgan fingerprint density at radius 1 is 1.25 bits per heavy atom. The molecule has 2 fully saturated rings. The minimum absolute atomic E-state index is 0.245. The van der Waals surface area contributed by atoms with Crippen molar-refractivity contribution in [3.8, 4) is 0 Å². The van der Waals surface area contributed by atoms with Crippen LogP contribution in [0.25, 0.3) is 0 Å². The number of nitrogens with one attached hydrogen (secondary N) is 1. The van der Waals surface area contributed by atoms with Gasteiger partial charge >= 0.3 is 0 Å². The Morgan fingerprint density at radius 3 is 2.81 bits per heavy atom. The molecule has 3 nitrogen and oxygen atoms in total. The molecule has 1 saturated carbocycles. The van der Waals surface area contributed by atoms with Crippen LogP contribution >= 0.6 is 0 Å². The highest BCUT2D eigenvalue weighted by Crippen LogP contribution is 2.41. The van der Waals surface area contributed by atoms with Crippen LogP contribution in [0.3, 0.4) is 0 Å². The van der Waals surface area contributed by atoms with E-state index in [1.54, 1.807) is 0 Å². The molecule has 2 aliphatic rings. The summed E-state index contributed by atoms with van der Waals surface area (Å²) in [5, 5.41) is 3.08. The molecule has 0 amide bonds. The first-order valence-corrected chi connectivity index (χ1v) is 6.75. The van der Waals surface area contributed by atoms with Crippen molar-refractivity contribution in [2.45, 2.75) is 56.7 Å². The van der Waals surface area contributed by atoms with E-state index in [1.165, 1.54) is 44.9 Å². The molecule has 0 aromatic heterocycles. The zero-order chi connectivity index (χ0) is 11.3. The predicted molar refractivity (Wildman–Crippen MR) is 64.7 cm³/mol. The number of likely N-dealkylation sites (N-methyl/N-ethyl adjacent to an activating group) is 1. The zero-order valence-corrected chi connectivity index (χ0v) is 10.5. The molecule has 1 spiro atoms. The Kier molecular flexibility index (Phi) is 4.62. The molecule has 0 bridgehead atoms. The van der Waals surface area contributed by atoms with Crippen LogP contribution in [0.1, 0.15) is 44.9 Å². The van der Waals surface area contributed by atoms with E-state index < -0.39 is 0 Å². The van der Waals surface area contributed by atoms with Crippen molar-refractivity contribution in [3.63, 3.8) is 0 Å². The van der Waals surface area contributed by atoms with Gasteiger partial charge in [0.25, 0.3) is 0 Å². The zero-order valence-electron chi connectivity index (χ0n) is 10.5. The average molecular weight is 227 g/mol. The fourth-order valence-corrected chi connectivity index (χ4v) is 2.97. The van der Waals surface area contributed by atoms with Crippen molar-refractivity contribution in [2.75, 3.05) is 26.8 Å². The third-order valence-corrected chi connectivity index (χ3v) is 3.90. The fourth-order valence-electron chi connectivity index (χ4n) is 2.97. The molecule has 0 radical (unpaired) electrons. The van der Waals surface area contributed by atoms with Gasteiger partial charge in [-0.05, 0) is 32.7 Å². The van der Waals surface area contributed by atoms with Gasteiger partial charge in [0.05, 0.1) is 24.9 Å². The molecule has 1 saturated heterocycles. The van der Waals surface area contributed by atoms with Crippen LogP contribution in [-0.4, -0.2) is 38.5 Å². The molecule has 0 aromatic carbocycles. The molecule has 1 aliphatic carbocycles. The lowest BCUT2D eigenvalue weighted by molar-refractivity contribution is -0.0874. The molecule has 1 N–H and O–H groups in total. The number of rotatable bonds is 5. The largest absolute Gasteiger partial charge is 0.377 e. The Morgan fingerprint density at radius 2 is 2.06 bits per heavy atom. The standard InChI is InChI=1S/C13H25NO2/c1-14-9-10-15-11-12-5-8-13(16-12)6-3-2-4-7-13/h12,14H,2-11H2,1H3. The van der Waals surface area contributed by atoms with Gasteiger partial charge in [-0.15, -0.1) is 0 Å². The van der Waals surface area contributed by atoms with Crippen LogP contribution < -0.4 is 5.32 Å². The van der Waals surface area contributed by atoms with Crippen LogP contribution in [0.5, 0.6) is 0 Å². The van der Waals surface area contributed by atoms with Gasteiger partial charge in [0.2, 0.25) is 0 Å². The van der Waals surface area contributed by atoms with Gasteiger partial charge in [-0.25, -0.2) is 0 Å². The summed E-state index contributed by atoms with van der Waals surface area (Å²) in [6.07, 6.45) is 9.47. The van der Waals surface area contributed by atoms with E-state index in [-0.39, 0.29) is 5.60 Å². The Hall–Kier alpha value is -0.120. The summed E-state index contributed by atoms with van der Waals surface area (Å²) < 4.78 is 11.8. The van der Waals surface area contributed by atoms with E-state index in [2.05, 4.69) is 5.32 Å². The Balaban J connectivity index is 1.66. The third kappa shape index (κ3) is 3.19. The van der Waals surface area contributed by atoms with E-state index in [0.29, 0.717) is 6.10 Å². The lowest BCUT2D eigenvalue weighted by atomic mass is 9.83. The monoisotopic (exact) mass is 227 g/mol. The molecule has 1 heterocycles. The molecule has 94 valence electrons. The summed E-state index contributed by atoms with van der Waals surface area (Å²) in [7, 11) is 1.95. The van der Waals surface area contributed by atoms with Crippen LogP contribution in [-0.2, 0) is 9.47 Å². The molecule has 0 aromatic rings. The summed E-state index contributed by atoms with van der Waals surface area (Å²) in [5.74, 6) is 0. The summed E-state index contributed by atoms with van der Waals surface area (Å²) in [5.41, 5.74) is 0.245. The maximum atomic E-state index is 6.22. The van der Waals surface area contributed by atoms with Gasteiger partial charge in [-0.3, -0.25) is 0 Å². The van der Waals surface area contributed by atoms with Gasteiger partial charge in [0.15, 0.2) is 0 Å². The Bertz CT molecular complexity index is 202. The first-order valence-electron chi connectivity index (χ1n) is 6.75. The lowest BCUT2D eigenvalue weighted by Gasteiger charge is -2.33. The summed E-state index contributed by atoms with van der Waals surface area (Å²) in [6, 6.07) is 0. The summed E-state index contributed by atoms with van der Waals surface area (Å²) in [6.45, 7) is 2.50. The molecular formula is C13H25NO2. The maximum absolute atomic E-state index is 6.22. The predicted octanol–water partition coefficient (Wildman–Crippen LogP) is 2.10. The number of hydrogen-bond donors (Lipinski definition) is 1. The fraction of sp³-hybridized carbons (Fsp3) is 1.00. The highest BCUT2D eigenvalue weighted by Gasteiger charge is 2.40. The van der Waals surface area contributed by atoms with Crippen LogP contribution in [0.15, 0.2) is 0 Å². The SMILES string of the molecule is CNCCOCC1CCC2(CCCCC2)O1. The topological polar surface area (TPSA) is 30.5 Å². The van der Waals surface area contributed by atoms with Gasteiger partial charge in [-0.2, -0.15) is 0 Å². The molecular weight excluding hydrogens is 202 g/mol. The number of ether oxygens (including phenoxy) is 2. The molecule has 3 heteroatoms. The summed E-state index contributed by atoms with van der Waals surface area (Å²) >= 11 is 0. The maximum Gasteiger partial charge on any atom is 0.0817 e. The molecule has 1 unspecified atom stereocenters. The van der Waals surface area contributed by atoms with Gasteiger partial charge < -0.3 is 14.8 Å². The van der Waals surface area contributed by atoms with Crippen molar-refractivity contribution in [2.24, 2.45) is 0 Å². The van der Waals surface area contributed by atoms with Crippen molar-refractivity contribution >= 4 is 0 Å². The van der Waals surface area contributed by atoms with Crippen LogP contribution in [0.4, 0.5) is 0 Å². The van der Waals surface area contributed by atoms with Crippen molar-refractivity contribution in [3.05, 3.63) is 0 Å². The van der Waals surface area contributed by atoms with E-state index in [9.17, 15) is 0 Å². The summed E-state index contributed by atoms with van der Waals surface area (Å²) in [4.78, 5) is 0. The van der Waals surface area contributed by atoms with Crippen LogP contribution in [0.2, 0.25) is 0 Å². The second kappa shape index (κ2) is 5.99. The minimum Gasteiger partial charge on any atom is -0.377 e. The van der Waals surface area contributed by atoms with Crippen molar-refractivity contribution < 1.29 is 9.47 Å². The second-order valence-electron chi connectivity index (χ2n) is 5.20. The van der Waals surface area contributed by atoms with Gasteiger partial charge in [0.1, 0.15) is 0 Å². The van der Waals surface area contributed by atoms with Gasteiger partial charge in [0, 0.05) is 6.54 Å². The molecule has 1 atom stereocenters. The highest BCUT2D eigenvalue weighted by atomic mass is 16.6. The van der Waals surface area contributed by atoms with E-state index in [0.717, 1.165) is 19.8 Å².